The molecule has 0 spiro atoms. The van der Waals surface area contributed by atoms with E-state index in [0.29, 0.717) is 0 Å². The van der Waals surface area contributed by atoms with E-state index in [1.54, 1.807) is 0 Å². The topological polar surface area (TPSA) is 124 Å². The fourth-order valence-electron chi connectivity index (χ4n) is 2.12. The van der Waals surface area contributed by atoms with Crippen LogP contribution in [0.3, 0.4) is 0 Å². The monoisotopic (exact) mass is 430 g/mol. The molecule has 1 aliphatic heterocycles. The molecule has 0 aromatic rings. The van der Waals surface area contributed by atoms with E-state index in [1.807, 2.05) is 0 Å². The van der Waals surface area contributed by atoms with Gasteiger partial charge in [-0.05, 0) is 0 Å². The number of halogens is 1. The Morgan fingerprint density at radius 1 is 0.880 bits per heavy atom. The molecule has 142 valence electrons. The van der Waals surface area contributed by atoms with E-state index in [0.717, 1.165) is 0 Å². The summed E-state index contributed by atoms with van der Waals surface area (Å²) in [4.78, 5) is 46.3. The first kappa shape index (κ1) is 15.5. The van der Waals surface area contributed by atoms with Gasteiger partial charge in [0.05, 0.1) is 0 Å². The minimum atomic E-state index is -1.56. The largest absolute Gasteiger partial charge is 0.463 e. The maximum atomic E-state index is 11.7. The van der Waals surface area contributed by atoms with Crippen molar-refractivity contribution in [2.45, 2.75) is 58.3 Å². The molecule has 1 aliphatic rings. The molecule has 1 heterocycles. The van der Waals surface area contributed by atoms with E-state index < -0.39 is 88.8 Å². The lowest BCUT2D eigenvalue weighted by Crippen LogP contribution is -2.62. The molecule has 1 saturated heterocycles. The van der Waals surface area contributed by atoms with Crippen molar-refractivity contribution in [1.29, 1.82) is 0 Å². The van der Waals surface area contributed by atoms with Gasteiger partial charge in [0.25, 0.3) is 0 Å². The van der Waals surface area contributed by atoms with Crippen molar-refractivity contribution in [3.05, 3.63) is 0 Å². The second kappa shape index (κ2) is 9.68. The lowest BCUT2D eigenvalue weighted by Gasteiger charge is -2.43. The zero-order valence-electron chi connectivity index (χ0n) is 16.9. The van der Waals surface area contributed by atoms with Crippen LogP contribution in [0, 0.1) is 0 Å². The standard InChI is InChI=1S/C14H19BrO10/c1-6(16)20-5-10-11(21-7(2)17)12(22-8(3)18)13(23-9(4)19)14(24-10)25-15/h10-14H,5H2,1-4H3/t10-,11-,12+,13-,14?/m1/s1/i1D,2D,3D,4D. The average molecular weight is 431 g/mol. The van der Waals surface area contributed by atoms with Crippen molar-refractivity contribution in [2.24, 2.45) is 0 Å². The Kier molecular flexibility index (Phi) is 6.01. The van der Waals surface area contributed by atoms with Crippen LogP contribution in [-0.4, -0.2) is 61.2 Å². The third-order valence-electron chi connectivity index (χ3n) is 2.89. The summed E-state index contributed by atoms with van der Waals surface area (Å²) < 4.78 is 58.6. The van der Waals surface area contributed by atoms with Gasteiger partial charge in [0.2, 0.25) is 6.29 Å². The number of carbonyl (C=O) groups is 4. The van der Waals surface area contributed by atoms with Gasteiger partial charge in [-0.3, -0.25) is 23.0 Å². The molecule has 0 aromatic carbocycles. The predicted octanol–water partition coefficient (Wildman–Crippen LogP) is 0.396. The highest BCUT2D eigenvalue weighted by atomic mass is 79.9. The summed E-state index contributed by atoms with van der Waals surface area (Å²) in [6.45, 7) is -3.64. The van der Waals surface area contributed by atoms with Crippen LogP contribution >= 0.6 is 16.3 Å². The minimum absolute atomic E-state index is 0.547. The van der Waals surface area contributed by atoms with Gasteiger partial charge in [-0.15, -0.1) is 0 Å². The second-order valence-corrected chi connectivity index (χ2v) is 5.05. The van der Waals surface area contributed by atoms with E-state index >= 15 is 0 Å². The molecule has 5 atom stereocenters. The Morgan fingerprint density at radius 2 is 1.40 bits per heavy atom. The molecule has 0 aliphatic carbocycles. The molecule has 10 nitrogen and oxygen atoms in total. The van der Waals surface area contributed by atoms with Crippen molar-refractivity contribution in [3.63, 3.8) is 0 Å². The van der Waals surface area contributed by atoms with Gasteiger partial charge in [0, 0.05) is 33.1 Å². The van der Waals surface area contributed by atoms with Crippen LogP contribution in [0.1, 0.15) is 33.1 Å². The first-order valence-corrected chi connectivity index (χ1v) is 7.29. The Morgan fingerprint density at radius 3 is 1.92 bits per heavy atom. The van der Waals surface area contributed by atoms with Gasteiger partial charge in [-0.1, -0.05) is 0 Å². The van der Waals surface area contributed by atoms with Crippen molar-refractivity contribution in [2.75, 3.05) is 6.61 Å². The quantitative estimate of drug-likeness (QED) is 0.431. The first-order chi connectivity index (χ1) is 13.8. The molecule has 1 rings (SSSR count). The number of carbonyl (C=O) groups excluding carboxylic acids is 4. The Bertz CT molecular complexity index is 595. The molecule has 11 heteroatoms. The molecule has 0 amide bonds. The minimum Gasteiger partial charge on any atom is -0.463 e. The maximum absolute atomic E-state index is 11.7. The average Bonchev–Trinajstić information content (AvgIpc) is 2.73. The van der Waals surface area contributed by atoms with Gasteiger partial charge in [0.15, 0.2) is 18.3 Å². The molecular weight excluding hydrogens is 408 g/mol. The van der Waals surface area contributed by atoms with Gasteiger partial charge in [-0.2, -0.15) is 0 Å². The molecule has 0 radical (unpaired) electrons. The Hall–Kier alpha value is -1.72. The Labute approximate surface area is 158 Å². The van der Waals surface area contributed by atoms with Crippen molar-refractivity contribution in [1.82, 2.24) is 0 Å². The van der Waals surface area contributed by atoms with Crippen molar-refractivity contribution >= 4 is 40.1 Å². The van der Waals surface area contributed by atoms with Gasteiger partial charge >= 0.3 is 23.9 Å². The van der Waals surface area contributed by atoms with Crippen LogP contribution in [0.4, 0.5) is 0 Å². The highest BCUT2D eigenvalue weighted by molar-refractivity contribution is 9.06. The van der Waals surface area contributed by atoms with Crippen molar-refractivity contribution < 1.29 is 52.2 Å². The summed E-state index contributed by atoms with van der Waals surface area (Å²) in [6, 6.07) is 0. The van der Waals surface area contributed by atoms with Crippen LogP contribution < -0.4 is 0 Å². The number of ether oxygens (including phenoxy) is 5. The van der Waals surface area contributed by atoms with E-state index in [-0.39, 0.29) is 0 Å². The smallest absolute Gasteiger partial charge is 0.303 e. The van der Waals surface area contributed by atoms with Crippen LogP contribution in [0.2, 0.25) is 0 Å². The zero-order chi connectivity index (χ0) is 22.0. The van der Waals surface area contributed by atoms with E-state index in [4.69, 9.17) is 33.0 Å². The number of hydrogen-bond acceptors (Lipinski definition) is 10. The van der Waals surface area contributed by atoms with Crippen LogP contribution in [0.15, 0.2) is 0 Å². The summed E-state index contributed by atoms with van der Waals surface area (Å²) in [5.74, 6) is -4.07. The molecule has 25 heavy (non-hydrogen) atoms. The summed E-state index contributed by atoms with van der Waals surface area (Å²) >= 11 is 2.66. The fourth-order valence-corrected chi connectivity index (χ4v) is 2.42. The molecule has 1 unspecified atom stereocenters. The molecule has 0 aromatic heterocycles. The highest BCUT2D eigenvalue weighted by Gasteiger charge is 2.52. The van der Waals surface area contributed by atoms with E-state index in [9.17, 15) is 19.2 Å². The summed E-state index contributed by atoms with van der Waals surface area (Å²) in [5, 5.41) is 0. The summed E-state index contributed by atoms with van der Waals surface area (Å²) in [7, 11) is 0. The fraction of sp³-hybridized carbons (Fsp3) is 0.714. The lowest BCUT2D eigenvalue weighted by atomic mass is 9.98. The van der Waals surface area contributed by atoms with E-state index in [2.05, 4.69) is 16.3 Å². The first-order valence-electron chi connectivity index (χ1n) is 9.47. The number of hydrogen-bond donors (Lipinski definition) is 0. The lowest BCUT2D eigenvalue weighted by molar-refractivity contribution is -0.284. The van der Waals surface area contributed by atoms with Gasteiger partial charge in [0.1, 0.15) is 29.0 Å². The number of rotatable bonds is 6. The zero-order valence-corrected chi connectivity index (χ0v) is 14.5. The molecule has 1 fully saturated rings. The maximum Gasteiger partial charge on any atom is 0.303 e. The summed E-state index contributed by atoms with van der Waals surface area (Å²) in [5.41, 5.74) is 0. The van der Waals surface area contributed by atoms with Crippen LogP contribution in [0.5, 0.6) is 0 Å². The van der Waals surface area contributed by atoms with Gasteiger partial charge in [-0.25, -0.2) is 0 Å². The third-order valence-corrected chi connectivity index (χ3v) is 3.26. The Balaban J connectivity index is 3.25. The van der Waals surface area contributed by atoms with Crippen molar-refractivity contribution in [3.8, 4) is 0 Å². The molecule has 0 bridgehead atoms. The molecule has 0 saturated carbocycles. The van der Waals surface area contributed by atoms with E-state index in [1.165, 1.54) is 0 Å². The predicted molar refractivity (Wildman–Crippen MR) is 82.0 cm³/mol. The number of esters is 4. The molecular formula is C14H19BrO10. The molecule has 0 N–H and O–H groups in total. The van der Waals surface area contributed by atoms with Crippen LogP contribution in [0.25, 0.3) is 0 Å². The van der Waals surface area contributed by atoms with Crippen LogP contribution in [-0.2, 0) is 46.7 Å². The summed E-state index contributed by atoms with van der Waals surface area (Å²) in [6.07, 6.45) is -7.33. The normalized spacial score (nSPS) is 30.7. The second-order valence-electron chi connectivity index (χ2n) is 4.68. The highest BCUT2D eigenvalue weighted by Crippen LogP contribution is 2.30. The van der Waals surface area contributed by atoms with Gasteiger partial charge < -0.3 is 23.7 Å². The SMILES string of the molecule is [2H]CC(=O)OC[C@H]1OC(OBr)[C@H](OC(=O)C[2H])[C@@H](OC(=O)C[2H])[C@@H]1OC(=O)C[2H]. The third kappa shape index (κ3) is 6.59.